The fourth-order valence-corrected chi connectivity index (χ4v) is 1.34. The van der Waals surface area contributed by atoms with Crippen molar-refractivity contribution in [2.45, 2.75) is 33.0 Å². The van der Waals surface area contributed by atoms with Crippen molar-refractivity contribution in [3.05, 3.63) is 17.5 Å². The van der Waals surface area contributed by atoms with Gasteiger partial charge in [0.25, 0.3) is 0 Å². The lowest BCUT2D eigenvalue weighted by atomic mass is 10.3. The summed E-state index contributed by atoms with van der Waals surface area (Å²) in [5.41, 5.74) is 2.58. The van der Waals surface area contributed by atoms with Gasteiger partial charge in [0.05, 0.1) is 5.69 Å². The minimum Gasteiger partial charge on any atom is -0.307 e. The SMILES string of the molecule is CC(C)n1cc2c(n1)CNC2.Cl. The molecule has 68 valence electrons. The summed E-state index contributed by atoms with van der Waals surface area (Å²) in [5, 5.41) is 7.70. The maximum Gasteiger partial charge on any atom is 0.0807 e. The topological polar surface area (TPSA) is 29.9 Å². The van der Waals surface area contributed by atoms with Gasteiger partial charge < -0.3 is 5.32 Å². The third-order valence-electron chi connectivity index (χ3n) is 2.03. The maximum absolute atomic E-state index is 4.44. The number of rotatable bonds is 1. The molecule has 0 saturated heterocycles. The standard InChI is InChI=1S/C8H13N3.ClH/c1-6(2)11-5-7-3-9-4-8(7)10-11;/h5-6,9H,3-4H2,1-2H3;1H. The number of nitrogens with zero attached hydrogens (tertiary/aromatic N) is 2. The first kappa shape index (κ1) is 9.55. The van der Waals surface area contributed by atoms with Crippen molar-refractivity contribution in [3.8, 4) is 0 Å². The van der Waals surface area contributed by atoms with Gasteiger partial charge in [0, 0.05) is 30.9 Å². The molecule has 0 aromatic carbocycles. The van der Waals surface area contributed by atoms with Gasteiger partial charge in [-0.15, -0.1) is 12.4 Å². The summed E-state index contributed by atoms with van der Waals surface area (Å²) in [6, 6.07) is 0.487. The lowest BCUT2D eigenvalue weighted by Crippen LogP contribution is -2.07. The van der Waals surface area contributed by atoms with Crippen LogP contribution in [0.4, 0.5) is 0 Å². The van der Waals surface area contributed by atoms with Crippen molar-refractivity contribution in [2.75, 3.05) is 0 Å². The Labute approximate surface area is 78.6 Å². The molecule has 12 heavy (non-hydrogen) atoms. The Kier molecular flexibility index (Phi) is 2.75. The minimum atomic E-state index is 0. The quantitative estimate of drug-likeness (QED) is 0.722. The molecule has 0 bridgehead atoms. The third-order valence-corrected chi connectivity index (χ3v) is 2.03. The molecule has 1 aliphatic heterocycles. The Morgan fingerprint density at radius 1 is 1.50 bits per heavy atom. The summed E-state index contributed by atoms with van der Waals surface area (Å²) >= 11 is 0. The van der Waals surface area contributed by atoms with Crippen LogP contribution in [0.15, 0.2) is 6.20 Å². The molecule has 0 atom stereocenters. The molecule has 0 unspecified atom stereocenters. The smallest absolute Gasteiger partial charge is 0.0807 e. The van der Waals surface area contributed by atoms with Crippen molar-refractivity contribution >= 4 is 12.4 Å². The van der Waals surface area contributed by atoms with E-state index in [1.54, 1.807) is 0 Å². The van der Waals surface area contributed by atoms with E-state index in [0.717, 1.165) is 13.1 Å². The van der Waals surface area contributed by atoms with Crippen LogP contribution in [-0.4, -0.2) is 9.78 Å². The van der Waals surface area contributed by atoms with E-state index in [1.165, 1.54) is 11.3 Å². The predicted molar refractivity (Wildman–Crippen MR) is 50.4 cm³/mol. The second-order valence-corrected chi connectivity index (χ2v) is 3.28. The van der Waals surface area contributed by atoms with Crippen LogP contribution >= 0.6 is 12.4 Å². The van der Waals surface area contributed by atoms with Crippen molar-refractivity contribution in [1.29, 1.82) is 0 Å². The van der Waals surface area contributed by atoms with Gasteiger partial charge >= 0.3 is 0 Å². The highest BCUT2D eigenvalue weighted by molar-refractivity contribution is 5.85. The van der Waals surface area contributed by atoms with Crippen LogP contribution in [0, 0.1) is 0 Å². The normalized spacial score (nSPS) is 14.6. The van der Waals surface area contributed by atoms with Gasteiger partial charge in [0.15, 0.2) is 0 Å². The Bertz CT molecular complexity index is 246. The lowest BCUT2D eigenvalue weighted by Gasteiger charge is -2.04. The van der Waals surface area contributed by atoms with Crippen molar-refractivity contribution in [3.63, 3.8) is 0 Å². The molecule has 1 N–H and O–H groups in total. The summed E-state index contributed by atoms with van der Waals surface area (Å²) in [7, 11) is 0. The van der Waals surface area contributed by atoms with E-state index in [4.69, 9.17) is 0 Å². The van der Waals surface area contributed by atoms with Crippen LogP contribution in [0.3, 0.4) is 0 Å². The molecule has 0 amide bonds. The molecule has 2 rings (SSSR count). The van der Waals surface area contributed by atoms with Crippen LogP contribution in [0.5, 0.6) is 0 Å². The zero-order valence-corrected chi connectivity index (χ0v) is 8.19. The number of fused-ring (bicyclic) bond motifs is 1. The Balaban J connectivity index is 0.000000720. The van der Waals surface area contributed by atoms with Gasteiger partial charge in [-0.05, 0) is 13.8 Å². The number of nitrogens with one attached hydrogen (secondary N) is 1. The number of hydrogen-bond donors (Lipinski definition) is 1. The molecule has 0 spiro atoms. The summed E-state index contributed by atoms with van der Waals surface area (Å²) in [4.78, 5) is 0. The van der Waals surface area contributed by atoms with E-state index in [0.29, 0.717) is 6.04 Å². The van der Waals surface area contributed by atoms with Crippen LogP contribution in [0.1, 0.15) is 31.1 Å². The molecule has 4 heteroatoms. The lowest BCUT2D eigenvalue weighted by molar-refractivity contribution is 0.520. The molecule has 1 aliphatic rings. The van der Waals surface area contributed by atoms with E-state index in [-0.39, 0.29) is 12.4 Å². The highest BCUT2D eigenvalue weighted by Crippen LogP contribution is 2.15. The largest absolute Gasteiger partial charge is 0.307 e. The Morgan fingerprint density at radius 3 is 2.83 bits per heavy atom. The van der Waals surface area contributed by atoms with Crippen LogP contribution < -0.4 is 5.32 Å². The van der Waals surface area contributed by atoms with Crippen LogP contribution in [0.25, 0.3) is 0 Å². The van der Waals surface area contributed by atoms with Gasteiger partial charge in [0.1, 0.15) is 0 Å². The monoisotopic (exact) mass is 187 g/mol. The average molecular weight is 188 g/mol. The van der Waals surface area contributed by atoms with Gasteiger partial charge in [-0.25, -0.2) is 0 Å². The fourth-order valence-electron chi connectivity index (χ4n) is 1.34. The van der Waals surface area contributed by atoms with E-state index < -0.39 is 0 Å². The fraction of sp³-hybridized carbons (Fsp3) is 0.625. The molecule has 2 heterocycles. The molecule has 3 nitrogen and oxygen atoms in total. The summed E-state index contributed by atoms with van der Waals surface area (Å²) in [5.74, 6) is 0. The van der Waals surface area contributed by atoms with Crippen molar-refractivity contribution in [2.24, 2.45) is 0 Å². The first-order valence-corrected chi connectivity index (χ1v) is 4.05. The molecule has 0 saturated carbocycles. The highest BCUT2D eigenvalue weighted by Gasteiger charge is 2.14. The number of hydrogen-bond acceptors (Lipinski definition) is 2. The summed E-state index contributed by atoms with van der Waals surface area (Å²) in [6.07, 6.45) is 2.14. The second kappa shape index (κ2) is 3.46. The molecule has 1 aromatic heterocycles. The second-order valence-electron chi connectivity index (χ2n) is 3.28. The predicted octanol–water partition coefficient (Wildman–Crippen LogP) is 1.49. The zero-order chi connectivity index (χ0) is 7.84. The number of aromatic nitrogens is 2. The summed E-state index contributed by atoms with van der Waals surface area (Å²) < 4.78 is 2.03. The Hall–Kier alpha value is -0.540. The first-order valence-electron chi connectivity index (χ1n) is 4.05. The zero-order valence-electron chi connectivity index (χ0n) is 7.37. The average Bonchev–Trinajstić information content (AvgIpc) is 2.40. The summed E-state index contributed by atoms with van der Waals surface area (Å²) in [6.45, 7) is 6.22. The van der Waals surface area contributed by atoms with Gasteiger partial charge in [-0.3, -0.25) is 4.68 Å². The first-order chi connectivity index (χ1) is 5.27. The van der Waals surface area contributed by atoms with E-state index in [9.17, 15) is 0 Å². The van der Waals surface area contributed by atoms with Crippen molar-refractivity contribution < 1.29 is 0 Å². The van der Waals surface area contributed by atoms with E-state index >= 15 is 0 Å². The van der Waals surface area contributed by atoms with E-state index in [1.807, 2.05) is 4.68 Å². The van der Waals surface area contributed by atoms with Crippen LogP contribution in [-0.2, 0) is 13.1 Å². The number of halogens is 1. The van der Waals surface area contributed by atoms with Gasteiger partial charge in [-0.1, -0.05) is 0 Å². The molecule has 0 aliphatic carbocycles. The van der Waals surface area contributed by atoms with Crippen molar-refractivity contribution in [1.82, 2.24) is 15.1 Å². The third kappa shape index (κ3) is 1.47. The Morgan fingerprint density at radius 2 is 2.25 bits per heavy atom. The van der Waals surface area contributed by atoms with E-state index in [2.05, 4.69) is 30.5 Å². The highest BCUT2D eigenvalue weighted by atomic mass is 35.5. The van der Waals surface area contributed by atoms with Crippen LogP contribution in [0.2, 0.25) is 0 Å². The molecule has 1 aromatic rings. The van der Waals surface area contributed by atoms with Gasteiger partial charge in [-0.2, -0.15) is 5.10 Å². The minimum absolute atomic E-state index is 0. The maximum atomic E-state index is 4.44. The molecule has 0 radical (unpaired) electrons. The molecular weight excluding hydrogens is 174 g/mol. The van der Waals surface area contributed by atoms with Gasteiger partial charge in [0.2, 0.25) is 0 Å². The molecule has 0 fully saturated rings. The molecular formula is C8H14ClN3.